The third-order valence-electron chi connectivity index (χ3n) is 0.800. The van der Waals surface area contributed by atoms with Crippen LogP contribution in [-0.2, 0) is 0 Å². The van der Waals surface area contributed by atoms with Gasteiger partial charge in [0.2, 0.25) is 0 Å². The number of para-hydroxylation sites is 1. The van der Waals surface area contributed by atoms with E-state index in [-0.39, 0.29) is 0 Å². The number of nitrogens with two attached hydrogens (primary N) is 1. The molecule has 1 aromatic carbocycles. The molecule has 0 saturated carbocycles. The molecule has 60 valence electrons. The minimum atomic E-state index is 0.822. The molecule has 0 atom stereocenters. The van der Waals surface area contributed by atoms with Crippen LogP contribution in [0.4, 0.5) is 5.69 Å². The number of hydrogen-bond acceptors (Lipinski definition) is 1. The van der Waals surface area contributed by atoms with Crippen molar-refractivity contribution < 1.29 is 0 Å². The number of nitrogen functional groups attached to an aromatic ring is 1. The van der Waals surface area contributed by atoms with Gasteiger partial charge in [-0.25, -0.2) is 0 Å². The lowest BCUT2D eigenvalue weighted by molar-refractivity contribution is 1.69. The minimum Gasteiger partial charge on any atom is -0.399 e. The summed E-state index contributed by atoms with van der Waals surface area (Å²) in [5.74, 6) is 0. The highest BCUT2D eigenvalue weighted by atomic mass is 14.5. The maximum Gasteiger partial charge on any atom is 0.130 e. The lowest BCUT2D eigenvalue weighted by atomic mass is 9.58. The summed E-state index contributed by atoms with van der Waals surface area (Å²) >= 11 is 0. The summed E-state index contributed by atoms with van der Waals surface area (Å²) in [6, 6.07) is 9.49. The van der Waals surface area contributed by atoms with Gasteiger partial charge in [0.05, 0.1) is 0 Å². The summed E-state index contributed by atoms with van der Waals surface area (Å²) in [5.41, 5.74) is 6.18. The summed E-state index contributed by atoms with van der Waals surface area (Å²) in [5, 5.41) is 0. The van der Waals surface area contributed by atoms with Crippen LogP contribution in [0.5, 0.6) is 0 Å². The SMILES string of the molecule is CB(C)C.Nc1ccccc1. The number of hydrogen-bond donors (Lipinski definition) is 1. The van der Waals surface area contributed by atoms with E-state index >= 15 is 0 Å². The molecule has 1 aromatic rings. The lowest BCUT2D eigenvalue weighted by Gasteiger charge is -1.83. The Morgan fingerprint density at radius 2 is 1.36 bits per heavy atom. The van der Waals surface area contributed by atoms with E-state index in [9.17, 15) is 0 Å². The summed E-state index contributed by atoms with van der Waals surface area (Å²) in [4.78, 5) is 0. The fourth-order valence-electron chi connectivity index (χ4n) is 0.453. The molecule has 0 aliphatic heterocycles. The van der Waals surface area contributed by atoms with Crippen molar-refractivity contribution in [1.29, 1.82) is 0 Å². The summed E-state index contributed by atoms with van der Waals surface area (Å²) < 4.78 is 0. The molecule has 1 rings (SSSR count). The normalized spacial score (nSPS) is 7.91. The molecule has 2 heteroatoms. The summed E-state index contributed by atoms with van der Waals surface area (Å²) in [6.07, 6.45) is 0. The van der Waals surface area contributed by atoms with Gasteiger partial charge in [0.25, 0.3) is 0 Å². The zero-order chi connectivity index (χ0) is 8.69. The van der Waals surface area contributed by atoms with E-state index in [1.54, 1.807) is 0 Å². The molecule has 0 bridgehead atoms. The Balaban J connectivity index is 0.000000218. The van der Waals surface area contributed by atoms with Crippen molar-refractivity contribution in [3.63, 3.8) is 0 Å². The first-order valence-corrected chi connectivity index (χ1v) is 3.93. The van der Waals surface area contributed by atoms with Gasteiger partial charge in [-0.2, -0.15) is 0 Å². The van der Waals surface area contributed by atoms with Gasteiger partial charge in [-0.1, -0.05) is 38.7 Å². The standard InChI is InChI=1S/C6H7N.C3H9B/c7-6-4-2-1-3-5-6;1-4(2)3/h1-5H,7H2;1-3H3. The van der Waals surface area contributed by atoms with E-state index in [4.69, 9.17) is 5.73 Å². The second kappa shape index (κ2) is 5.84. The average molecular weight is 149 g/mol. The van der Waals surface area contributed by atoms with Crippen molar-refractivity contribution in [2.75, 3.05) is 5.73 Å². The Bertz CT molecular complexity index is 169. The summed E-state index contributed by atoms with van der Waals surface area (Å²) in [6.45, 7) is 7.33. The Kier molecular flexibility index (Phi) is 5.35. The van der Waals surface area contributed by atoms with Gasteiger partial charge in [0.1, 0.15) is 6.71 Å². The van der Waals surface area contributed by atoms with Gasteiger partial charge < -0.3 is 5.73 Å². The number of anilines is 1. The van der Waals surface area contributed by atoms with Crippen LogP contribution in [0, 0.1) is 0 Å². The summed E-state index contributed by atoms with van der Waals surface area (Å²) in [7, 11) is 0. The fourth-order valence-corrected chi connectivity index (χ4v) is 0.453. The predicted octanol–water partition coefficient (Wildman–Crippen LogP) is 2.64. The van der Waals surface area contributed by atoms with Gasteiger partial charge >= 0.3 is 0 Å². The zero-order valence-electron chi connectivity index (χ0n) is 7.54. The molecule has 0 saturated heterocycles. The topological polar surface area (TPSA) is 26.0 Å². The van der Waals surface area contributed by atoms with E-state index < -0.39 is 0 Å². The van der Waals surface area contributed by atoms with Crippen molar-refractivity contribution in [3.8, 4) is 0 Å². The molecule has 2 N–H and O–H groups in total. The Labute approximate surface area is 69.7 Å². The van der Waals surface area contributed by atoms with E-state index in [1.165, 1.54) is 0 Å². The van der Waals surface area contributed by atoms with Crippen LogP contribution in [0.2, 0.25) is 20.5 Å². The molecule has 0 aliphatic carbocycles. The molecule has 0 fully saturated rings. The molecule has 0 heterocycles. The lowest BCUT2D eigenvalue weighted by Crippen LogP contribution is -1.84. The van der Waals surface area contributed by atoms with Gasteiger partial charge in [0.15, 0.2) is 0 Å². The molecule has 0 aromatic heterocycles. The van der Waals surface area contributed by atoms with E-state index in [2.05, 4.69) is 20.5 Å². The first-order chi connectivity index (χ1) is 5.13. The smallest absolute Gasteiger partial charge is 0.130 e. The van der Waals surface area contributed by atoms with E-state index in [0.717, 1.165) is 12.4 Å². The number of rotatable bonds is 0. The van der Waals surface area contributed by atoms with Crippen LogP contribution in [0.3, 0.4) is 0 Å². The third kappa shape index (κ3) is 9.08. The van der Waals surface area contributed by atoms with Gasteiger partial charge in [0, 0.05) is 5.69 Å². The van der Waals surface area contributed by atoms with Crippen molar-refractivity contribution in [1.82, 2.24) is 0 Å². The van der Waals surface area contributed by atoms with Crippen molar-refractivity contribution in [2.45, 2.75) is 20.5 Å². The second-order valence-electron chi connectivity index (χ2n) is 3.14. The van der Waals surface area contributed by atoms with E-state index in [0.29, 0.717) is 0 Å². The van der Waals surface area contributed by atoms with Crippen LogP contribution in [0.25, 0.3) is 0 Å². The quantitative estimate of drug-likeness (QED) is 0.445. The predicted molar refractivity (Wildman–Crippen MR) is 54.2 cm³/mol. The molecule has 0 amide bonds. The second-order valence-corrected chi connectivity index (χ2v) is 3.14. The zero-order valence-corrected chi connectivity index (χ0v) is 7.54. The molecule has 0 unspecified atom stereocenters. The Hall–Kier alpha value is -0.915. The molecular formula is C9H16BN. The molecular weight excluding hydrogens is 133 g/mol. The van der Waals surface area contributed by atoms with E-state index in [1.807, 2.05) is 30.3 Å². The maximum atomic E-state index is 5.36. The van der Waals surface area contributed by atoms with Crippen LogP contribution in [0.1, 0.15) is 0 Å². The minimum absolute atomic E-state index is 0.822. The molecule has 0 spiro atoms. The first kappa shape index (κ1) is 10.1. The largest absolute Gasteiger partial charge is 0.399 e. The molecule has 11 heavy (non-hydrogen) atoms. The number of benzene rings is 1. The van der Waals surface area contributed by atoms with Crippen LogP contribution in [0.15, 0.2) is 30.3 Å². The van der Waals surface area contributed by atoms with Crippen LogP contribution < -0.4 is 5.73 Å². The van der Waals surface area contributed by atoms with Crippen molar-refractivity contribution in [2.24, 2.45) is 0 Å². The maximum absolute atomic E-state index is 5.36. The highest BCUT2D eigenvalue weighted by Gasteiger charge is 1.76. The first-order valence-electron chi connectivity index (χ1n) is 3.93. The van der Waals surface area contributed by atoms with Crippen LogP contribution >= 0.6 is 0 Å². The molecule has 0 radical (unpaired) electrons. The highest BCUT2D eigenvalue weighted by Crippen LogP contribution is 1.95. The molecule has 1 nitrogen and oxygen atoms in total. The monoisotopic (exact) mass is 149 g/mol. The van der Waals surface area contributed by atoms with Gasteiger partial charge in [-0.05, 0) is 12.1 Å². The highest BCUT2D eigenvalue weighted by molar-refractivity contribution is 6.54. The van der Waals surface area contributed by atoms with Crippen molar-refractivity contribution >= 4 is 12.4 Å². The van der Waals surface area contributed by atoms with Gasteiger partial charge in [-0.15, -0.1) is 0 Å². The molecule has 0 aliphatic rings. The Morgan fingerprint density at radius 1 is 1.00 bits per heavy atom. The van der Waals surface area contributed by atoms with Gasteiger partial charge in [-0.3, -0.25) is 0 Å². The van der Waals surface area contributed by atoms with Crippen molar-refractivity contribution in [3.05, 3.63) is 30.3 Å². The average Bonchev–Trinajstić information content (AvgIpc) is 1.87. The Morgan fingerprint density at radius 3 is 1.55 bits per heavy atom. The fraction of sp³-hybridized carbons (Fsp3) is 0.333. The van der Waals surface area contributed by atoms with Crippen LogP contribution in [-0.4, -0.2) is 6.71 Å². The third-order valence-corrected chi connectivity index (χ3v) is 0.800.